The normalized spacial score (nSPS) is 6.43. The molecule has 0 aromatic rings. The maximum atomic E-state index is 9.60. The molecule has 0 rings (SSSR count). The molecule has 0 fully saturated rings. The van der Waals surface area contributed by atoms with Crippen molar-refractivity contribution in [3.8, 4) is 0 Å². The van der Waals surface area contributed by atoms with Crippen LogP contribution >= 0.6 is 0 Å². The van der Waals surface area contributed by atoms with E-state index in [1.165, 1.54) is 6.92 Å². The standard InChI is InChI=1S/C4H6O2.Ba.2H/c1-3(2)4(5)6;;;/h1H2,2H3,(H,5,6);;;. The molecule has 0 radical (unpaired) electrons. The third kappa shape index (κ3) is 6.78. The van der Waals surface area contributed by atoms with Crippen LogP contribution in [0.25, 0.3) is 0 Å². The van der Waals surface area contributed by atoms with E-state index in [0.717, 1.165) is 0 Å². The van der Waals surface area contributed by atoms with Crippen molar-refractivity contribution in [3.63, 3.8) is 0 Å². The van der Waals surface area contributed by atoms with Gasteiger partial charge in [0, 0.05) is 5.57 Å². The predicted octanol–water partition coefficient (Wildman–Crippen LogP) is -0.269. The van der Waals surface area contributed by atoms with Gasteiger partial charge in [0.25, 0.3) is 0 Å². The topological polar surface area (TPSA) is 37.3 Å². The van der Waals surface area contributed by atoms with E-state index in [2.05, 4.69) is 6.58 Å². The molecule has 0 atom stereocenters. The molecule has 0 unspecified atom stereocenters. The fourth-order valence-corrected chi connectivity index (χ4v) is 0. The molecule has 0 aliphatic rings. The van der Waals surface area contributed by atoms with E-state index in [9.17, 15) is 4.79 Å². The van der Waals surface area contributed by atoms with Gasteiger partial charge in [-0.05, 0) is 6.92 Å². The Kier molecular flexibility index (Phi) is 7.54. The number of carboxylic acids is 1. The van der Waals surface area contributed by atoms with Gasteiger partial charge in [0.2, 0.25) is 0 Å². The summed E-state index contributed by atoms with van der Waals surface area (Å²) in [4.78, 5) is 9.60. The first-order valence-corrected chi connectivity index (χ1v) is 1.53. The van der Waals surface area contributed by atoms with Crippen molar-refractivity contribution in [3.05, 3.63) is 12.2 Å². The monoisotopic (exact) mass is 226 g/mol. The Bertz CT molecular complexity index is 75.7. The van der Waals surface area contributed by atoms with Crippen LogP contribution in [0.3, 0.4) is 0 Å². The Morgan fingerprint density at radius 1 is 1.71 bits per heavy atom. The molecule has 0 spiro atoms. The van der Waals surface area contributed by atoms with E-state index in [0.29, 0.717) is 0 Å². The average molecular weight is 225 g/mol. The molecule has 1 N–H and O–H groups in total. The van der Waals surface area contributed by atoms with E-state index in [1.54, 1.807) is 0 Å². The third-order valence-electron chi connectivity index (χ3n) is 0.365. The van der Waals surface area contributed by atoms with Crippen LogP contribution < -0.4 is 0 Å². The fourth-order valence-electron chi connectivity index (χ4n) is 0. The number of hydrogen-bond donors (Lipinski definition) is 1. The number of hydrogen-bond acceptors (Lipinski definition) is 1. The van der Waals surface area contributed by atoms with E-state index in [1.807, 2.05) is 0 Å². The molecule has 0 heterocycles. The summed E-state index contributed by atoms with van der Waals surface area (Å²) >= 11 is 0. The van der Waals surface area contributed by atoms with Crippen molar-refractivity contribution in [2.75, 3.05) is 0 Å². The first-order chi connectivity index (χ1) is 2.64. The van der Waals surface area contributed by atoms with Gasteiger partial charge in [-0.1, -0.05) is 6.58 Å². The molecule has 3 heteroatoms. The minimum atomic E-state index is -0.935. The summed E-state index contributed by atoms with van der Waals surface area (Å²) in [6.45, 7) is 4.60. The summed E-state index contributed by atoms with van der Waals surface area (Å²) in [6, 6.07) is 0. The van der Waals surface area contributed by atoms with Crippen LogP contribution in [0.15, 0.2) is 12.2 Å². The van der Waals surface area contributed by atoms with Gasteiger partial charge >= 0.3 is 54.9 Å². The third-order valence-corrected chi connectivity index (χ3v) is 0.365. The van der Waals surface area contributed by atoms with Crippen molar-refractivity contribution in [1.82, 2.24) is 0 Å². The molecule has 0 aromatic heterocycles. The molecule has 0 aromatic carbocycles. The van der Waals surface area contributed by atoms with Gasteiger partial charge in [-0.25, -0.2) is 4.79 Å². The Morgan fingerprint density at radius 2 is 1.86 bits per heavy atom. The van der Waals surface area contributed by atoms with Gasteiger partial charge in [0.1, 0.15) is 0 Å². The summed E-state index contributed by atoms with van der Waals surface area (Å²) in [7, 11) is 0. The predicted molar refractivity (Wildman–Crippen MR) is 31.0 cm³/mol. The zero-order valence-electron chi connectivity index (χ0n) is 3.56. The summed E-state index contributed by atoms with van der Waals surface area (Å²) in [5, 5.41) is 7.89. The molecule has 0 aliphatic carbocycles. The molecule has 0 aliphatic heterocycles. The molecule has 7 heavy (non-hydrogen) atoms. The number of aliphatic carboxylic acids is 1. The fraction of sp³-hybridized carbons (Fsp3) is 0.250. The molecular formula is C4H8BaO2. The Labute approximate surface area is 82.7 Å². The van der Waals surface area contributed by atoms with Crippen LogP contribution in [0.1, 0.15) is 6.92 Å². The van der Waals surface area contributed by atoms with Gasteiger partial charge < -0.3 is 5.11 Å². The summed E-state index contributed by atoms with van der Waals surface area (Å²) in [5.41, 5.74) is 0.176. The number of carbonyl (C=O) groups is 1. The zero-order chi connectivity index (χ0) is 5.15. The van der Waals surface area contributed by atoms with Crippen molar-refractivity contribution in [2.45, 2.75) is 6.92 Å². The molecule has 0 saturated carbocycles. The zero-order valence-corrected chi connectivity index (χ0v) is 3.56. The van der Waals surface area contributed by atoms with Gasteiger partial charge in [0.15, 0.2) is 0 Å². The average Bonchev–Trinajstić information content (AvgIpc) is 1.36. The van der Waals surface area contributed by atoms with Gasteiger partial charge in [-0.3, -0.25) is 0 Å². The van der Waals surface area contributed by atoms with Crippen LogP contribution in [-0.2, 0) is 4.79 Å². The maximum absolute atomic E-state index is 9.60. The van der Waals surface area contributed by atoms with Gasteiger partial charge in [-0.2, -0.15) is 0 Å². The van der Waals surface area contributed by atoms with Gasteiger partial charge in [-0.15, -0.1) is 0 Å². The Morgan fingerprint density at radius 3 is 1.86 bits per heavy atom. The SMILES string of the molecule is C=C(C)C(=O)O.[BaH2]. The second-order valence-electron chi connectivity index (χ2n) is 1.09. The first kappa shape index (κ1) is 10.7. The second kappa shape index (κ2) is 4.93. The van der Waals surface area contributed by atoms with E-state index >= 15 is 0 Å². The van der Waals surface area contributed by atoms with Crippen LogP contribution in [-0.4, -0.2) is 60.0 Å². The molecule has 2 nitrogen and oxygen atoms in total. The summed E-state index contributed by atoms with van der Waals surface area (Å²) in [6.07, 6.45) is 0. The van der Waals surface area contributed by atoms with Crippen LogP contribution in [0.5, 0.6) is 0 Å². The number of rotatable bonds is 1. The van der Waals surface area contributed by atoms with Crippen molar-refractivity contribution < 1.29 is 9.90 Å². The van der Waals surface area contributed by atoms with Gasteiger partial charge in [0.05, 0.1) is 0 Å². The van der Waals surface area contributed by atoms with E-state index < -0.39 is 5.97 Å². The van der Waals surface area contributed by atoms with Crippen molar-refractivity contribution in [1.29, 1.82) is 0 Å². The first-order valence-electron chi connectivity index (χ1n) is 1.53. The molecule has 0 saturated heterocycles. The Hall–Kier alpha value is 0.781. The Balaban J connectivity index is 0. The molecule has 38 valence electrons. The van der Waals surface area contributed by atoms with Crippen LogP contribution in [0.2, 0.25) is 0 Å². The van der Waals surface area contributed by atoms with E-state index in [4.69, 9.17) is 5.11 Å². The van der Waals surface area contributed by atoms with Crippen LogP contribution in [0, 0.1) is 0 Å². The van der Waals surface area contributed by atoms with Crippen molar-refractivity contribution in [2.24, 2.45) is 0 Å². The molecular weight excluding hydrogens is 217 g/mol. The molecule has 0 bridgehead atoms. The van der Waals surface area contributed by atoms with Crippen molar-refractivity contribution >= 4 is 54.9 Å². The van der Waals surface area contributed by atoms with E-state index in [-0.39, 0.29) is 54.5 Å². The summed E-state index contributed by atoms with van der Waals surface area (Å²) < 4.78 is 0. The molecule has 0 amide bonds. The minimum absolute atomic E-state index is 0. The number of carboxylic acid groups (broad SMARTS) is 1. The quantitative estimate of drug-likeness (QED) is 0.493. The second-order valence-corrected chi connectivity index (χ2v) is 1.09. The van der Waals surface area contributed by atoms with Crippen LogP contribution in [0.4, 0.5) is 0 Å². The summed E-state index contributed by atoms with van der Waals surface area (Å²) in [5.74, 6) is -0.935.